The van der Waals surface area contributed by atoms with E-state index in [1.54, 1.807) is 27.7 Å². The van der Waals surface area contributed by atoms with Gasteiger partial charge in [-0.3, -0.25) is 9.69 Å². The number of hydrogen-bond donors (Lipinski definition) is 0. The van der Waals surface area contributed by atoms with Crippen molar-refractivity contribution in [2.24, 2.45) is 0 Å². The van der Waals surface area contributed by atoms with Crippen LogP contribution in [0.5, 0.6) is 0 Å². The third-order valence-corrected chi connectivity index (χ3v) is 3.10. The Morgan fingerprint density at radius 1 is 1.37 bits per heavy atom. The van der Waals surface area contributed by atoms with E-state index < -0.39 is 23.2 Å². The summed E-state index contributed by atoms with van der Waals surface area (Å²) >= 11 is 0. The van der Waals surface area contributed by atoms with Gasteiger partial charge in [-0.05, 0) is 27.2 Å². The van der Waals surface area contributed by atoms with Gasteiger partial charge in [0.2, 0.25) is 0 Å². The van der Waals surface area contributed by atoms with Crippen molar-refractivity contribution in [3.05, 3.63) is 0 Å². The molecule has 0 bridgehead atoms. The van der Waals surface area contributed by atoms with Crippen LogP contribution in [0.4, 0.5) is 4.79 Å². The molecule has 0 spiro atoms. The number of amides is 1. The van der Waals surface area contributed by atoms with Gasteiger partial charge in [0.1, 0.15) is 5.60 Å². The largest absolute Gasteiger partial charge is 0.467 e. The number of carbonyl (C=O) groups is 3. The van der Waals surface area contributed by atoms with Gasteiger partial charge in [0.15, 0.2) is 11.3 Å². The van der Waals surface area contributed by atoms with Crippen molar-refractivity contribution in [3.63, 3.8) is 0 Å². The first-order chi connectivity index (χ1) is 8.66. The van der Waals surface area contributed by atoms with Gasteiger partial charge >= 0.3 is 12.1 Å². The third-order valence-electron chi connectivity index (χ3n) is 3.10. The summed E-state index contributed by atoms with van der Waals surface area (Å²) in [6.07, 6.45) is -0.370. The molecule has 1 aliphatic rings. The monoisotopic (exact) mass is 271 g/mol. The van der Waals surface area contributed by atoms with Gasteiger partial charge in [-0.25, -0.2) is 9.59 Å². The number of nitrogens with zero attached hydrogens (tertiary/aromatic N) is 1. The van der Waals surface area contributed by atoms with Crippen LogP contribution in [-0.4, -0.2) is 47.5 Å². The Balaban J connectivity index is 3.05. The van der Waals surface area contributed by atoms with E-state index in [0.717, 1.165) is 0 Å². The molecular formula is C13H21NO5. The van der Waals surface area contributed by atoms with Gasteiger partial charge in [0.05, 0.1) is 13.7 Å². The molecule has 1 aliphatic heterocycles. The van der Waals surface area contributed by atoms with Crippen LogP contribution in [0.15, 0.2) is 0 Å². The number of esters is 1. The molecule has 19 heavy (non-hydrogen) atoms. The molecule has 0 radical (unpaired) electrons. The number of hydrogen-bond acceptors (Lipinski definition) is 5. The summed E-state index contributed by atoms with van der Waals surface area (Å²) in [5.74, 6) is -0.746. The minimum absolute atomic E-state index is 0.0184. The van der Waals surface area contributed by atoms with Crippen molar-refractivity contribution >= 4 is 17.8 Å². The van der Waals surface area contributed by atoms with Gasteiger partial charge in [0, 0.05) is 6.42 Å². The fourth-order valence-electron chi connectivity index (χ4n) is 2.19. The van der Waals surface area contributed by atoms with Crippen LogP contribution in [0.3, 0.4) is 0 Å². The molecule has 1 saturated heterocycles. The van der Waals surface area contributed by atoms with E-state index in [1.807, 2.05) is 0 Å². The van der Waals surface area contributed by atoms with Crippen molar-refractivity contribution in [1.82, 2.24) is 4.90 Å². The molecule has 1 rings (SSSR count). The predicted octanol–water partition coefficient (Wildman–Crippen LogP) is 1.52. The van der Waals surface area contributed by atoms with Gasteiger partial charge in [0.25, 0.3) is 0 Å². The van der Waals surface area contributed by atoms with Crippen LogP contribution in [0.2, 0.25) is 0 Å². The zero-order valence-corrected chi connectivity index (χ0v) is 12.1. The highest BCUT2D eigenvalue weighted by Crippen LogP contribution is 2.33. The van der Waals surface area contributed by atoms with Crippen LogP contribution in [0.25, 0.3) is 0 Å². The lowest BCUT2D eigenvalue weighted by Crippen LogP contribution is -2.54. The maximum absolute atomic E-state index is 12.1. The molecule has 0 unspecified atom stereocenters. The van der Waals surface area contributed by atoms with Gasteiger partial charge in [-0.1, -0.05) is 6.92 Å². The number of ketones is 1. The lowest BCUT2D eigenvalue weighted by atomic mass is 9.93. The minimum atomic E-state index is -1.23. The molecule has 1 heterocycles. The highest BCUT2D eigenvalue weighted by molar-refractivity contribution is 5.98. The number of likely N-dealkylation sites (tertiary alicyclic amines) is 1. The minimum Gasteiger partial charge on any atom is -0.467 e. The predicted molar refractivity (Wildman–Crippen MR) is 67.6 cm³/mol. The van der Waals surface area contributed by atoms with Crippen LogP contribution in [-0.2, 0) is 19.1 Å². The molecule has 6 heteroatoms. The van der Waals surface area contributed by atoms with Crippen LogP contribution in [0.1, 0.15) is 40.5 Å². The summed E-state index contributed by atoms with van der Waals surface area (Å²) < 4.78 is 10.00. The number of ether oxygens (including phenoxy) is 2. The molecular weight excluding hydrogens is 250 g/mol. The van der Waals surface area contributed by atoms with Gasteiger partial charge in [-0.15, -0.1) is 0 Å². The summed E-state index contributed by atoms with van der Waals surface area (Å²) in [7, 11) is 1.25. The number of rotatable bonds is 2. The van der Waals surface area contributed by atoms with Crippen molar-refractivity contribution in [3.8, 4) is 0 Å². The van der Waals surface area contributed by atoms with E-state index in [0.29, 0.717) is 6.42 Å². The van der Waals surface area contributed by atoms with Crippen LogP contribution < -0.4 is 0 Å². The Labute approximate surface area is 113 Å². The second-order valence-corrected chi connectivity index (χ2v) is 5.66. The second-order valence-electron chi connectivity index (χ2n) is 5.66. The van der Waals surface area contributed by atoms with E-state index in [4.69, 9.17) is 9.47 Å². The molecule has 1 atom stereocenters. The molecule has 0 aliphatic carbocycles. The molecule has 1 amide bonds. The summed E-state index contributed by atoms with van der Waals surface area (Å²) in [6.45, 7) is 6.82. The fourth-order valence-corrected chi connectivity index (χ4v) is 2.19. The van der Waals surface area contributed by atoms with Gasteiger partial charge in [-0.2, -0.15) is 0 Å². The van der Waals surface area contributed by atoms with Gasteiger partial charge < -0.3 is 9.47 Å². The van der Waals surface area contributed by atoms with E-state index in [9.17, 15) is 14.4 Å². The number of carbonyl (C=O) groups excluding carboxylic acids is 3. The average Bonchev–Trinajstić information content (AvgIpc) is 2.64. The number of methoxy groups -OCH3 is 1. The highest BCUT2D eigenvalue weighted by atomic mass is 16.6. The summed E-state index contributed by atoms with van der Waals surface area (Å²) in [5.41, 5.74) is -1.91. The molecule has 0 saturated carbocycles. The normalized spacial score (nSPS) is 23.4. The topological polar surface area (TPSA) is 72.9 Å². The molecule has 108 valence electrons. The molecule has 1 fully saturated rings. The maximum Gasteiger partial charge on any atom is 0.411 e. The molecule has 6 nitrogen and oxygen atoms in total. The lowest BCUT2D eigenvalue weighted by molar-refractivity contribution is -0.153. The molecule has 0 aromatic heterocycles. The van der Waals surface area contributed by atoms with Crippen LogP contribution >= 0.6 is 0 Å². The van der Waals surface area contributed by atoms with Crippen LogP contribution in [0, 0.1) is 0 Å². The summed E-state index contributed by atoms with van der Waals surface area (Å²) in [6, 6.07) is 0. The van der Waals surface area contributed by atoms with Crippen molar-refractivity contribution < 1.29 is 23.9 Å². The van der Waals surface area contributed by atoms with Crippen molar-refractivity contribution in [2.75, 3.05) is 13.7 Å². The van der Waals surface area contributed by atoms with E-state index >= 15 is 0 Å². The molecule has 0 aromatic carbocycles. The molecule has 0 N–H and O–H groups in total. The Morgan fingerprint density at radius 2 is 1.95 bits per heavy atom. The first-order valence-corrected chi connectivity index (χ1v) is 6.27. The van der Waals surface area contributed by atoms with E-state index in [-0.39, 0.29) is 18.7 Å². The number of Topliss-reactive ketones (excluding diaryl/α,β-unsaturated/α-hetero) is 1. The summed E-state index contributed by atoms with van der Waals surface area (Å²) in [4.78, 5) is 37.0. The Morgan fingerprint density at radius 3 is 2.37 bits per heavy atom. The van der Waals surface area contributed by atoms with E-state index in [1.165, 1.54) is 12.0 Å². The Kier molecular flexibility index (Phi) is 4.22. The zero-order valence-electron chi connectivity index (χ0n) is 12.1. The summed E-state index contributed by atoms with van der Waals surface area (Å²) in [5, 5.41) is 0. The van der Waals surface area contributed by atoms with Crippen molar-refractivity contribution in [1.29, 1.82) is 0 Å². The smallest absolute Gasteiger partial charge is 0.411 e. The molecule has 0 aromatic rings. The second kappa shape index (κ2) is 5.19. The maximum atomic E-state index is 12.1. The fraction of sp³-hybridized carbons (Fsp3) is 0.769. The van der Waals surface area contributed by atoms with Crippen molar-refractivity contribution in [2.45, 2.75) is 51.7 Å². The zero-order chi connectivity index (χ0) is 14.8. The first kappa shape index (κ1) is 15.5. The Bertz CT molecular complexity index is 398. The average molecular weight is 271 g/mol. The standard InChI is InChI=1S/C13H21NO5/c1-6-13(10(16)18-5)7-9(15)8-14(13)11(17)19-12(2,3)4/h6-8H2,1-5H3/t13-/m1/s1. The Hall–Kier alpha value is -1.59. The quantitative estimate of drug-likeness (QED) is 0.712. The first-order valence-electron chi connectivity index (χ1n) is 6.27. The highest BCUT2D eigenvalue weighted by Gasteiger charge is 2.54. The SMILES string of the molecule is CC[C@]1(C(=O)OC)CC(=O)CN1C(=O)OC(C)(C)C. The lowest BCUT2D eigenvalue weighted by Gasteiger charge is -2.35. The third kappa shape index (κ3) is 3.05. The van der Waals surface area contributed by atoms with E-state index in [2.05, 4.69) is 0 Å².